The number of rotatable bonds is 12. The largest absolute Gasteiger partial charge is 1.00 e. The maximum Gasteiger partial charge on any atom is 1.00 e. The average molecular weight is 479 g/mol. The normalized spacial score (nSPS) is 12.5. The van der Waals surface area contributed by atoms with E-state index in [4.69, 9.17) is 32.7 Å². The van der Waals surface area contributed by atoms with E-state index in [1.807, 2.05) is 13.0 Å². The molecule has 0 amide bonds. The van der Waals surface area contributed by atoms with Crippen molar-refractivity contribution in [2.45, 2.75) is 44.8 Å². The molecule has 0 aliphatic carbocycles. The van der Waals surface area contributed by atoms with E-state index in [2.05, 4.69) is 0 Å². The molecular weight excluding hydrogens is 454 g/mol. The Hall–Kier alpha value is -0.990. The van der Waals surface area contributed by atoms with Gasteiger partial charge in [0.15, 0.2) is 0 Å². The molecular formula is C22H25Cl2NaO6. The van der Waals surface area contributed by atoms with E-state index in [0.29, 0.717) is 35.2 Å². The summed E-state index contributed by atoms with van der Waals surface area (Å²) in [5.41, 5.74) is 1.70. The van der Waals surface area contributed by atoms with Crippen molar-refractivity contribution < 1.29 is 59.1 Å². The van der Waals surface area contributed by atoms with Gasteiger partial charge in [-0.05, 0) is 67.3 Å². The summed E-state index contributed by atoms with van der Waals surface area (Å²) in [7, 11) is 0. The Morgan fingerprint density at radius 2 is 1.74 bits per heavy atom. The Balaban J connectivity index is 0.00000480. The monoisotopic (exact) mass is 478 g/mol. The van der Waals surface area contributed by atoms with Crippen LogP contribution in [-0.4, -0.2) is 41.6 Å². The predicted octanol–water partition coefficient (Wildman–Crippen LogP) is -0.0519. The number of aliphatic carboxylic acids is 1. The van der Waals surface area contributed by atoms with E-state index in [1.165, 1.54) is 0 Å². The molecule has 0 heterocycles. The van der Waals surface area contributed by atoms with Crippen LogP contribution in [0.15, 0.2) is 36.4 Å². The summed E-state index contributed by atoms with van der Waals surface area (Å²) in [6.45, 7) is 2.26. The zero-order valence-corrected chi connectivity index (χ0v) is 21.2. The first-order chi connectivity index (χ1) is 14.2. The molecule has 164 valence electrons. The quantitative estimate of drug-likeness (QED) is 0.327. The van der Waals surface area contributed by atoms with Crippen molar-refractivity contribution in [3.8, 4) is 11.5 Å². The maximum absolute atomic E-state index is 10.5. The second-order valence-electron chi connectivity index (χ2n) is 7.05. The molecule has 0 radical (unpaired) electrons. The fourth-order valence-corrected chi connectivity index (χ4v) is 3.43. The Morgan fingerprint density at radius 1 is 1.06 bits per heavy atom. The van der Waals surface area contributed by atoms with E-state index < -0.39 is 24.6 Å². The summed E-state index contributed by atoms with van der Waals surface area (Å²) in [6, 6.07) is 10.7. The fourth-order valence-electron chi connectivity index (χ4n) is 3.01. The number of aliphatic hydroxyl groups is 2. The van der Waals surface area contributed by atoms with E-state index in [-0.39, 0.29) is 42.6 Å². The fraction of sp³-hybridized carbons (Fsp3) is 0.409. The summed E-state index contributed by atoms with van der Waals surface area (Å²) in [6.07, 6.45) is -1.50. The third kappa shape index (κ3) is 10.4. The van der Waals surface area contributed by atoms with E-state index in [0.717, 1.165) is 16.9 Å². The molecule has 0 saturated heterocycles. The van der Waals surface area contributed by atoms with Crippen LogP contribution in [0.5, 0.6) is 11.5 Å². The molecule has 2 atom stereocenters. The van der Waals surface area contributed by atoms with Crippen LogP contribution in [0.25, 0.3) is 0 Å². The van der Waals surface area contributed by atoms with Crippen molar-refractivity contribution >= 4 is 29.2 Å². The van der Waals surface area contributed by atoms with Crippen molar-refractivity contribution in [2.75, 3.05) is 13.2 Å². The summed E-state index contributed by atoms with van der Waals surface area (Å²) >= 11 is 12.0. The number of carbonyl (C=O) groups excluding carboxylic acids is 1. The van der Waals surface area contributed by atoms with Gasteiger partial charge < -0.3 is 29.6 Å². The minimum absolute atomic E-state index is 0. The topological polar surface area (TPSA) is 99.1 Å². The van der Waals surface area contributed by atoms with Crippen molar-refractivity contribution in [2.24, 2.45) is 0 Å². The second kappa shape index (κ2) is 14.2. The van der Waals surface area contributed by atoms with Gasteiger partial charge in [-0.15, -0.1) is 0 Å². The molecule has 0 bridgehead atoms. The van der Waals surface area contributed by atoms with Crippen molar-refractivity contribution in [1.29, 1.82) is 0 Å². The number of ether oxygens (including phenoxy) is 2. The Labute approximate surface area is 214 Å². The number of carboxylic acids is 1. The molecule has 31 heavy (non-hydrogen) atoms. The maximum atomic E-state index is 10.5. The van der Waals surface area contributed by atoms with Gasteiger partial charge in [0.2, 0.25) is 0 Å². The van der Waals surface area contributed by atoms with Gasteiger partial charge in [0.1, 0.15) is 18.1 Å². The number of aliphatic hydroxyl groups excluding tert-OH is 2. The first-order valence-corrected chi connectivity index (χ1v) is 10.4. The molecule has 0 saturated carbocycles. The minimum atomic E-state index is -1.37. The van der Waals surface area contributed by atoms with Crippen LogP contribution in [-0.2, 0) is 11.2 Å². The van der Waals surface area contributed by atoms with Crippen molar-refractivity contribution in [3.05, 3.63) is 57.6 Å². The molecule has 2 aromatic rings. The molecule has 2 N–H and O–H groups in total. The number of hydrogen-bond acceptors (Lipinski definition) is 6. The van der Waals surface area contributed by atoms with Crippen LogP contribution in [0.1, 0.15) is 30.4 Å². The average Bonchev–Trinajstić information content (AvgIpc) is 2.65. The van der Waals surface area contributed by atoms with Gasteiger partial charge in [-0.2, -0.15) is 0 Å². The van der Waals surface area contributed by atoms with Crippen molar-refractivity contribution in [1.82, 2.24) is 0 Å². The van der Waals surface area contributed by atoms with Gasteiger partial charge in [0, 0.05) is 28.9 Å². The van der Waals surface area contributed by atoms with Crippen LogP contribution in [0.3, 0.4) is 0 Å². The van der Waals surface area contributed by atoms with Gasteiger partial charge in [0.05, 0.1) is 18.8 Å². The van der Waals surface area contributed by atoms with E-state index >= 15 is 0 Å². The standard InChI is InChI=1S/C22H26Cl2O6.Na/c1-14-9-17(24)10-15(3-2-8-29-20-6-4-16(23)5-7-20)22(14)30-13-19(26)11-18(25)12-21(27)28;/h4-7,9-10,18-19,25-26H,2-3,8,11-13H2,1H3,(H,27,28);/q;+1/p-1/t18-,19?;/m1./s1. The zero-order chi connectivity index (χ0) is 22.1. The van der Waals surface area contributed by atoms with Crippen LogP contribution in [0, 0.1) is 6.92 Å². The van der Waals surface area contributed by atoms with Gasteiger partial charge in [-0.25, -0.2) is 0 Å². The Bertz CT molecular complexity index is 831. The summed E-state index contributed by atoms with van der Waals surface area (Å²) in [4.78, 5) is 10.5. The van der Waals surface area contributed by atoms with Gasteiger partial charge in [-0.3, -0.25) is 0 Å². The molecule has 0 fully saturated rings. The smallest absolute Gasteiger partial charge is 0.550 e. The molecule has 2 rings (SSSR count). The second-order valence-corrected chi connectivity index (χ2v) is 7.92. The van der Waals surface area contributed by atoms with Crippen LogP contribution < -0.4 is 44.1 Å². The molecule has 2 aromatic carbocycles. The van der Waals surface area contributed by atoms with E-state index in [9.17, 15) is 20.1 Å². The molecule has 9 heteroatoms. The first kappa shape index (κ1) is 28.0. The van der Waals surface area contributed by atoms with Gasteiger partial charge >= 0.3 is 29.6 Å². The third-order valence-electron chi connectivity index (χ3n) is 4.36. The number of benzene rings is 2. The number of carboxylic acid groups (broad SMARTS) is 1. The van der Waals surface area contributed by atoms with Crippen LogP contribution >= 0.6 is 23.2 Å². The molecule has 0 spiro atoms. The SMILES string of the molecule is Cc1cc(Cl)cc(CCCOc2ccc(Cl)cc2)c1OCC(O)C[C@@H](O)CC(=O)[O-].[Na+]. The first-order valence-electron chi connectivity index (χ1n) is 9.60. The van der Waals surface area contributed by atoms with Gasteiger partial charge in [-0.1, -0.05) is 23.2 Å². The minimum Gasteiger partial charge on any atom is -0.550 e. The molecule has 0 aromatic heterocycles. The molecule has 0 aliphatic heterocycles. The number of aryl methyl sites for hydroxylation is 2. The zero-order valence-electron chi connectivity index (χ0n) is 17.6. The summed E-state index contributed by atoms with van der Waals surface area (Å²) in [5, 5.41) is 31.4. The van der Waals surface area contributed by atoms with E-state index in [1.54, 1.807) is 30.3 Å². The predicted molar refractivity (Wildman–Crippen MR) is 113 cm³/mol. The van der Waals surface area contributed by atoms with Crippen molar-refractivity contribution in [3.63, 3.8) is 0 Å². The number of hydrogen-bond donors (Lipinski definition) is 2. The third-order valence-corrected chi connectivity index (χ3v) is 4.83. The number of carbonyl (C=O) groups is 1. The Kier molecular flexibility index (Phi) is 12.9. The van der Waals surface area contributed by atoms with Gasteiger partial charge in [0.25, 0.3) is 0 Å². The van der Waals surface area contributed by atoms with Crippen LogP contribution in [0.2, 0.25) is 10.0 Å². The molecule has 0 aliphatic rings. The molecule has 6 nitrogen and oxygen atoms in total. The summed E-state index contributed by atoms with van der Waals surface area (Å²) < 4.78 is 11.5. The summed E-state index contributed by atoms with van der Waals surface area (Å²) in [5.74, 6) is -0.0250. The number of halogens is 2. The Morgan fingerprint density at radius 3 is 2.39 bits per heavy atom. The van der Waals surface area contributed by atoms with Crippen LogP contribution in [0.4, 0.5) is 0 Å². The molecule has 1 unspecified atom stereocenters.